The first kappa shape index (κ1) is 19.1. The highest BCUT2D eigenvalue weighted by Crippen LogP contribution is 2.28. The minimum Gasteiger partial charge on any atom is -0.336 e. The molecule has 0 unspecified atom stereocenters. The number of carbonyl (C=O) groups excluding carboxylic acids is 1. The Morgan fingerprint density at radius 3 is 2.35 bits per heavy atom. The van der Waals surface area contributed by atoms with Crippen LogP contribution in [0.5, 0.6) is 0 Å². The Balaban J connectivity index is 1.74. The molecular formula is C17H15Cl2FN2O3S. The van der Waals surface area contributed by atoms with Crippen molar-refractivity contribution in [3.05, 3.63) is 63.9 Å². The summed E-state index contributed by atoms with van der Waals surface area (Å²) in [4.78, 5) is 13.9. The van der Waals surface area contributed by atoms with Crippen LogP contribution in [-0.2, 0) is 10.0 Å². The molecule has 1 heterocycles. The van der Waals surface area contributed by atoms with E-state index in [9.17, 15) is 17.6 Å². The van der Waals surface area contributed by atoms with Gasteiger partial charge in [-0.25, -0.2) is 12.8 Å². The molecule has 0 aromatic heterocycles. The fraction of sp³-hybridized carbons (Fsp3) is 0.235. The molecule has 0 atom stereocenters. The Morgan fingerprint density at radius 1 is 1.00 bits per heavy atom. The van der Waals surface area contributed by atoms with E-state index < -0.39 is 15.8 Å². The van der Waals surface area contributed by atoms with Crippen molar-refractivity contribution in [3.8, 4) is 0 Å². The average Bonchev–Trinajstić information content (AvgIpc) is 2.63. The van der Waals surface area contributed by atoms with Crippen molar-refractivity contribution in [2.24, 2.45) is 0 Å². The van der Waals surface area contributed by atoms with E-state index in [2.05, 4.69) is 0 Å². The van der Waals surface area contributed by atoms with Gasteiger partial charge < -0.3 is 4.90 Å². The first-order valence-electron chi connectivity index (χ1n) is 7.79. The fourth-order valence-electron chi connectivity index (χ4n) is 2.75. The molecule has 138 valence electrons. The molecule has 1 saturated heterocycles. The molecule has 1 fully saturated rings. The van der Waals surface area contributed by atoms with Gasteiger partial charge >= 0.3 is 0 Å². The summed E-state index contributed by atoms with van der Waals surface area (Å²) in [6.45, 7) is 0.637. The third-order valence-corrected chi connectivity index (χ3v) is 6.72. The first-order valence-corrected chi connectivity index (χ1v) is 9.99. The Hall–Kier alpha value is -1.67. The summed E-state index contributed by atoms with van der Waals surface area (Å²) in [7, 11) is -3.82. The lowest BCUT2D eigenvalue weighted by atomic mass is 10.2. The number of carbonyl (C=O) groups is 1. The van der Waals surface area contributed by atoms with Crippen molar-refractivity contribution < 1.29 is 17.6 Å². The minimum absolute atomic E-state index is 0.0587. The van der Waals surface area contributed by atoms with Gasteiger partial charge in [0.15, 0.2) is 0 Å². The maximum absolute atomic E-state index is 13.3. The summed E-state index contributed by atoms with van der Waals surface area (Å²) < 4.78 is 40.1. The van der Waals surface area contributed by atoms with Crippen molar-refractivity contribution >= 4 is 39.1 Å². The smallest absolute Gasteiger partial charge is 0.254 e. The molecule has 2 aromatic rings. The standard InChI is InChI=1S/C17H15Cl2FN2O3S/c18-13-4-5-15(19)16(11-13)26(24,25)22-8-6-21(7-9-22)17(23)12-2-1-3-14(20)10-12/h1-5,10-11H,6-9H2. The predicted molar refractivity (Wildman–Crippen MR) is 97.5 cm³/mol. The van der Waals surface area contributed by atoms with E-state index in [1.165, 1.54) is 45.6 Å². The van der Waals surface area contributed by atoms with Crippen LogP contribution in [0.3, 0.4) is 0 Å². The summed E-state index contributed by atoms with van der Waals surface area (Å²) in [5.41, 5.74) is 0.235. The molecule has 0 spiro atoms. The number of hydrogen-bond acceptors (Lipinski definition) is 3. The zero-order valence-electron chi connectivity index (χ0n) is 13.5. The fourth-order valence-corrected chi connectivity index (χ4v) is 4.91. The molecular weight excluding hydrogens is 402 g/mol. The van der Waals surface area contributed by atoms with Crippen LogP contribution in [0.2, 0.25) is 10.0 Å². The van der Waals surface area contributed by atoms with Crippen LogP contribution < -0.4 is 0 Å². The number of benzene rings is 2. The molecule has 5 nitrogen and oxygen atoms in total. The molecule has 9 heteroatoms. The van der Waals surface area contributed by atoms with Crippen LogP contribution in [0.1, 0.15) is 10.4 Å². The number of amides is 1. The van der Waals surface area contributed by atoms with Crippen LogP contribution in [0.4, 0.5) is 4.39 Å². The van der Waals surface area contributed by atoms with Gasteiger partial charge in [-0.15, -0.1) is 0 Å². The summed E-state index contributed by atoms with van der Waals surface area (Å²) >= 11 is 11.9. The lowest BCUT2D eigenvalue weighted by Gasteiger charge is -2.34. The molecule has 26 heavy (non-hydrogen) atoms. The van der Waals surface area contributed by atoms with Crippen molar-refractivity contribution in [2.75, 3.05) is 26.2 Å². The normalized spacial score (nSPS) is 15.9. The summed E-state index contributed by atoms with van der Waals surface area (Å²) in [6, 6.07) is 9.67. The van der Waals surface area contributed by atoms with Crippen molar-refractivity contribution in [2.45, 2.75) is 4.90 Å². The topological polar surface area (TPSA) is 57.7 Å². The van der Waals surface area contributed by atoms with E-state index in [4.69, 9.17) is 23.2 Å². The Kier molecular flexibility index (Phi) is 5.53. The predicted octanol–water partition coefficient (Wildman–Crippen LogP) is 3.28. The van der Waals surface area contributed by atoms with Crippen LogP contribution in [0, 0.1) is 5.82 Å². The van der Waals surface area contributed by atoms with Gasteiger partial charge in [-0.05, 0) is 36.4 Å². The maximum atomic E-state index is 13.3. The summed E-state index contributed by atoms with van der Waals surface area (Å²) in [6.07, 6.45) is 0. The maximum Gasteiger partial charge on any atom is 0.254 e. The quantitative estimate of drug-likeness (QED) is 0.771. The Bertz CT molecular complexity index is 945. The Morgan fingerprint density at radius 2 is 1.69 bits per heavy atom. The molecule has 1 amide bonds. The van der Waals surface area contributed by atoms with E-state index in [-0.39, 0.29) is 52.6 Å². The molecule has 1 aliphatic heterocycles. The summed E-state index contributed by atoms with van der Waals surface area (Å²) in [5, 5.41) is 0.362. The third kappa shape index (κ3) is 3.86. The van der Waals surface area contributed by atoms with Gasteiger partial charge in [0.2, 0.25) is 10.0 Å². The monoisotopic (exact) mass is 416 g/mol. The average molecular weight is 417 g/mol. The molecule has 0 bridgehead atoms. The number of hydrogen-bond donors (Lipinski definition) is 0. The van der Waals surface area contributed by atoms with Crippen LogP contribution >= 0.6 is 23.2 Å². The van der Waals surface area contributed by atoms with Gasteiger partial charge in [0, 0.05) is 36.8 Å². The van der Waals surface area contributed by atoms with E-state index >= 15 is 0 Å². The van der Waals surface area contributed by atoms with E-state index in [0.717, 1.165) is 6.07 Å². The van der Waals surface area contributed by atoms with Gasteiger partial charge in [-0.3, -0.25) is 4.79 Å². The number of rotatable bonds is 3. The molecule has 0 saturated carbocycles. The molecule has 2 aromatic carbocycles. The second-order valence-corrected chi connectivity index (χ2v) is 8.53. The minimum atomic E-state index is -3.82. The van der Waals surface area contributed by atoms with E-state index in [1.807, 2.05) is 0 Å². The molecule has 0 N–H and O–H groups in total. The van der Waals surface area contributed by atoms with Crippen molar-refractivity contribution in [1.29, 1.82) is 0 Å². The SMILES string of the molecule is O=C(c1cccc(F)c1)N1CCN(S(=O)(=O)c2cc(Cl)ccc2Cl)CC1. The van der Waals surface area contributed by atoms with Gasteiger partial charge in [-0.2, -0.15) is 4.31 Å². The molecule has 1 aliphatic rings. The first-order chi connectivity index (χ1) is 12.3. The highest BCUT2D eigenvalue weighted by Gasteiger charge is 2.32. The third-order valence-electron chi connectivity index (χ3n) is 4.11. The van der Waals surface area contributed by atoms with Crippen molar-refractivity contribution in [1.82, 2.24) is 9.21 Å². The van der Waals surface area contributed by atoms with Gasteiger partial charge in [0.1, 0.15) is 10.7 Å². The summed E-state index contributed by atoms with van der Waals surface area (Å²) in [5.74, 6) is -0.824. The van der Waals surface area contributed by atoms with E-state index in [0.29, 0.717) is 0 Å². The highest BCUT2D eigenvalue weighted by atomic mass is 35.5. The van der Waals surface area contributed by atoms with Crippen LogP contribution in [0.25, 0.3) is 0 Å². The highest BCUT2D eigenvalue weighted by molar-refractivity contribution is 7.89. The van der Waals surface area contributed by atoms with Gasteiger partial charge in [-0.1, -0.05) is 29.3 Å². The number of sulfonamides is 1. The van der Waals surface area contributed by atoms with Gasteiger partial charge in [0.05, 0.1) is 5.02 Å². The number of nitrogens with zero attached hydrogens (tertiary/aromatic N) is 2. The molecule has 0 radical (unpaired) electrons. The lowest BCUT2D eigenvalue weighted by Crippen LogP contribution is -2.50. The Labute approximate surface area is 161 Å². The van der Waals surface area contributed by atoms with Gasteiger partial charge in [0.25, 0.3) is 5.91 Å². The molecule has 3 rings (SSSR count). The van der Waals surface area contributed by atoms with Crippen LogP contribution in [-0.4, -0.2) is 49.7 Å². The zero-order chi connectivity index (χ0) is 18.9. The lowest BCUT2D eigenvalue weighted by molar-refractivity contribution is 0.0697. The zero-order valence-corrected chi connectivity index (χ0v) is 15.9. The van der Waals surface area contributed by atoms with Crippen molar-refractivity contribution in [3.63, 3.8) is 0 Å². The van der Waals surface area contributed by atoms with Crippen LogP contribution in [0.15, 0.2) is 47.4 Å². The largest absolute Gasteiger partial charge is 0.336 e. The second-order valence-electron chi connectivity index (χ2n) is 5.78. The number of piperazine rings is 1. The number of halogens is 3. The van der Waals surface area contributed by atoms with E-state index in [1.54, 1.807) is 0 Å². The second kappa shape index (κ2) is 7.52. The molecule has 0 aliphatic carbocycles.